The van der Waals surface area contributed by atoms with Gasteiger partial charge < -0.3 is 0 Å². The number of benzene rings is 2. The van der Waals surface area contributed by atoms with Gasteiger partial charge in [-0.15, -0.1) is 0 Å². The number of hydrogen-bond donors (Lipinski definition) is 0. The summed E-state index contributed by atoms with van der Waals surface area (Å²) in [4.78, 5) is 28.6. The molecule has 2 aromatic carbocycles. The Morgan fingerprint density at radius 3 is 2.47 bits per heavy atom. The molecular formula is C23H23BrClN3O2. The number of nitrogens with zero attached hydrogens (tertiary/aromatic N) is 3. The van der Waals surface area contributed by atoms with Gasteiger partial charge in [0.2, 0.25) is 0 Å². The second kappa shape index (κ2) is 8.92. The molecule has 3 aromatic rings. The third kappa shape index (κ3) is 4.31. The Hall–Kier alpha value is -2.15. The van der Waals surface area contributed by atoms with Crippen molar-refractivity contribution >= 4 is 27.5 Å². The zero-order valence-corrected chi connectivity index (χ0v) is 19.1. The molecule has 7 heteroatoms. The van der Waals surface area contributed by atoms with E-state index >= 15 is 0 Å². The predicted molar refractivity (Wildman–Crippen MR) is 123 cm³/mol. The molecule has 156 valence electrons. The molecular weight excluding hydrogens is 466 g/mol. The quantitative estimate of drug-likeness (QED) is 0.544. The second-order valence-corrected chi connectivity index (χ2v) is 8.91. The first-order valence-electron chi connectivity index (χ1n) is 10.0. The van der Waals surface area contributed by atoms with Crippen molar-refractivity contribution in [2.75, 3.05) is 6.54 Å². The van der Waals surface area contributed by atoms with Gasteiger partial charge >= 0.3 is 5.69 Å². The summed E-state index contributed by atoms with van der Waals surface area (Å²) in [6.07, 6.45) is 0.698. The summed E-state index contributed by atoms with van der Waals surface area (Å²) in [5.74, 6) is 0. The van der Waals surface area contributed by atoms with Crippen molar-refractivity contribution in [3.05, 3.63) is 101 Å². The number of rotatable bonds is 5. The molecule has 0 N–H and O–H groups in total. The molecule has 0 aliphatic carbocycles. The molecule has 0 bridgehead atoms. The molecule has 0 unspecified atom stereocenters. The summed E-state index contributed by atoms with van der Waals surface area (Å²) in [7, 11) is 0. The molecule has 0 saturated heterocycles. The van der Waals surface area contributed by atoms with Gasteiger partial charge in [0.15, 0.2) is 0 Å². The van der Waals surface area contributed by atoms with Crippen molar-refractivity contribution in [3.8, 4) is 0 Å². The van der Waals surface area contributed by atoms with Crippen molar-refractivity contribution in [3.63, 3.8) is 0 Å². The van der Waals surface area contributed by atoms with Crippen molar-refractivity contribution < 1.29 is 0 Å². The Bertz CT molecular complexity index is 1180. The molecule has 0 atom stereocenters. The lowest BCUT2D eigenvalue weighted by Gasteiger charge is -2.30. The predicted octanol–water partition coefficient (Wildman–Crippen LogP) is 4.05. The Morgan fingerprint density at radius 1 is 1.00 bits per heavy atom. The minimum atomic E-state index is -0.239. The molecule has 1 aliphatic rings. The standard InChI is InChI=1S/C23H23BrClN3O2/c1-2-27-21-10-11-26(13-17-4-3-5-18(24)12-17)15-20(21)22(29)28(23(27)30)14-16-6-8-19(25)9-7-16/h3-9,12H,2,10-11,13-15H2,1H3. The van der Waals surface area contributed by atoms with E-state index in [9.17, 15) is 9.59 Å². The molecule has 0 amide bonds. The van der Waals surface area contributed by atoms with Crippen molar-refractivity contribution in [1.82, 2.24) is 14.0 Å². The van der Waals surface area contributed by atoms with Gasteiger partial charge in [0.1, 0.15) is 0 Å². The van der Waals surface area contributed by atoms with E-state index < -0.39 is 0 Å². The summed E-state index contributed by atoms with van der Waals surface area (Å²) in [5.41, 5.74) is 3.25. The Morgan fingerprint density at radius 2 is 1.77 bits per heavy atom. The van der Waals surface area contributed by atoms with Crippen LogP contribution in [-0.2, 0) is 32.6 Å². The van der Waals surface area contributed by atoms with Crippen LogP contribution in [0.3, 0.4) is 0 Å². The van der Waals surface area contributed by atoms with Crippen LogP contribution in [0.1, 0.15) is 29.3 Å². The van der Waals surface area contributed by atoms with Gasteiger partial charge in [0.05, 0.1) is 12.1 Å². The topological polar surface area (TPSA) is 47.2 Å². The van der Waals surface area contributed by atoms with Crippen LogP contribution in [-0.4, -0.2) is 20.6 Å². The SMILES string of the molecule is CCn1c2c(c(=O)n(Cc3ccc(Cl)cc3)c1=O)CN(Cc1cccc(Br)c1)CC2. The van der Waals surface area contributed by atoms with Crippen molar-refractivity contribution in [2.45, 2.75) is 39.5 Å². The van der Waals surface area contributed by atoms with Crippen LogP contribution in [0.25, 0.3) is 0 Å². The maximum atomic E-state index is 13.3. The van der Waals surface area contributed by atoms with E-state index in [1.165, 1.54) is 10.1 Å². The van der Waals surface area contributed by atoms with E-state index in [-0.39, 0.29) is 17.8 Å². The largest absolute Gasteiger partial charge is 0.331 e. The molecule has 5 nitrogen and oxygen atoms in total. The zero-order chi connectivity index (χ0) is 21.3. The first-order chi connectivity index (χ1) is 14.5. The normalized spacial score (nSPS) is 14.0. The monoisotopic (exact) mass is 487 g/mol. The van der Waals surface area contributed by atoms with E-state index in [1.54, 1.807) is 16.7 Å². The van der Waals surface area contributed by atoms with Gasteiger partial charge in [0, 0.05) is 47.8 Å². The Labute approximate surface area is 188 Å². The van der Waals surface area contributed by atoms with Crippen molar-refractivity contribution in [1.29, 1.82) is 0 Å². The van der Waals surface area contributed by atoms with E-state index in [2.05, 4.69) is 33.0 Å². The van der Waals surface area contributed by atoms with Gasteiger partial charge in [-0.3, -0.25) is 18.8 Å². The van der Waals surface area contributed by atoms with Gasteiger partial charge in [-0.2, -0.15) is 0 Å². The summed E-state index contributed by atoms with van der Waals surface area (Å²) >= 11 is 9.49. The molecule has 1 aliphatic heterocycles. The summed E-state index contributed by atoms with van der Waals surface area (Å²) < 4.78 is 4.15. The van der Waals surface area contributed by atoms with E-state index in [1.807, 2.05) is 31.2 Å². The van der Waals surface area contributed by atoms with E-state index in [0.29, 0.717) is 24.5 Å². The van der Waals surface area contributed by atoms with Crippen molar-refractivity contribution in [2.24, 2.45) is 0 Å². The minimum Gasteiger partial charge on any atom is -0.297 e. The lowest BCUT2D eigenvalue weighted by atomic mass is 10.0. The maximum Gasteiger partial charge on any atom is 0.331 e. The van der Waals surface area contributed by atoms with E-state index in [4.69, 9.17) is 11.6 Å². The van der Waals surface area contributed by atoms with Gasteiger partial charge in [-0.1, -0.05) is 51.8 Å². The van der Waals surface area contributed by atoms with E-state index in [0.717, 1.165) is 34.4 Å². The first kappa shape index (κ1) is 21.1. The second-order valence-electron chi connectivity index (χ2n) is 7.56. The lowest BCUT2D eigenvalue weighted by Crippen LogP contribution is -2.47. The summed E-state index contributed by atoms with van der Waals surface area (Å²) in [5, 5.41) is 0.630. The highest BCUT2D eigenvalue weighted by Gasteiger charge is 2.25. The number of halogens is 2. The average Bonchev–Trinajstić information content (AvgIpc) is 2.73. The van der Waals surface area contributed by atoms with Gasteiger partial charge in [-0.05, 0) is 42.3 Å². The third-order valence-electron chi connectivity index (χ3n) is 5.55. The smallest absolute Gasteiger partial charge is 0.297 e. The molecule has 0 radical (unpaired) electrons. The first-order valence-corrected chi connectivity index (χ1v) is 11.2. The Balaban J connectivity index is 1.69. The molecule has 4 rings (SSSR count). The average molecular weight is 489 g/mol. The van der Waals surface area contributed by atoms with Crippen LogP contribution in [0.5, 0.6) is 0 Å². The number of aromatic nitrogens is 2. The maximum absolute atomic E-state index is 13.3. The van der Waals surface area contributed by atoms with Crippen LogP contribution in [0.15, 0.2) is 62.6 Å². The van der Waals surface area contributed by atoms with Crippen LogP contribution in [0, 0.1) is 0 Å². The Kier molecular flexibility index (Phi) is 6.27. The fourth-order valence-corrected chi connectivity index (χ4v) is 4.65. The van der Waals surface area contributed by atoms with Crippen LogP contribution >= 0.6 is 27.5 Å². The highest BCUT2D eigenvalue weighted by atomic mass is 79.9. The molecule has 30 heavy (non-hydrogen) atoms. The molecule has 1 aromatic heterocycles. The third-order valence-corrected chi connectivity index (χ3v) is 6.30. The van der Waals surface area contributed by atoms with Crippen LogP contribution < -0.4 is 11.2 Å². The minimum absolute atomic E-state index is 0.186. The van der Waals surface area contributed by atoms with Gasteiger partial charge in [0.25, 0.3) is 5.56 Å². The number of hydrogen-bond acceptors (Lipinski definition) is 3. The molecule has 0 saturated carbocycles. The molecule has 0 spiro atoms. The fraction of sp³-hybridized carbons (Fsp3) is 0.304. The van der Waals surface area contributed by atoms with Gasteiger partial charge in [-0.25, -0.2) is 4.79 Å². The highest BCUT2D eigenvalue weighted by molar-refractivity contribution is 9.10. The zero-order valence-electron chi connectivity index (χ0n) is 16.8. The molecule has 2 heterocycles. The number of fused-ring (bicyclic) bond motifs is 1. The van der Waals surface area contributed by atoms with Crippen LogP contribution in [0.4, 0.5) is 0 Å². The highest BCUT2D eigenvalue weighted by Crippen LogP contribution is 2.19. The molecule has 0 fully saturated rings. The van der Waals surface area contributed by atoms with Crippen LogP contribution in [0.2, 0.25) is 5.02 Å². The lowest BCUT2D eigenvalue weighted by molar-refractivity contribution is 0.236. The fourth-order valence-electron chi connectivity index (χ4n) is 4.08. The summed E-state index contributed by atoms with van der Waals surface area (Å²) in [6, 6.07) is 15.5. The summed E-state index contributed by atoms with van der Waals surface area (Å²) in [6.45, 7) is 4.87.